The Balaban J connectivity index is 1.86. The zero-order valence-electron chi connectivity index (χ0n) is 15.6. The fraction of sp³-hybridized carbons (Fsp3) is 0.429. The molecule has 2 atom stereocenters. The average molecular weight is 416 g/mol. The topological polar surface area (TPSA) is 38.0 Å². The van der Waals surface area contributed by atoms with Gasteiger partial charge in [0.15, 0.2) is 0 Å². The van der Waals surface area contributed by atoms with Gasteiger partial charge in [0.25, 0.3) is 0 Å². The third-order valence-electron chi connectivity index (χ3n) is 5.47. The summed E-state index contributed by atoms with van der Waals surface area (Å²) < 4.78 is 78.4. The van der Waals surface area contributed by atoms with Crippen molar-refractivity contribution in [3.05, 3.63) is 70.8 Å². The Morgan fingerprint density at radius 2 is 1.48 bits per heavy atom. The summed E-state index contributed by atoms with van der Waals surface area (Å²) in [6.07, 6.45) is -6.54. The molecule has 2 aromatic rings. The first kappa shape index (κ1) is 21.6. The highest BCUT2D eigenvalue weighted by molar-refractivity contribution is 5.34. The maximum Gasteiger partial charge on any atom is 0.416 e. The van der Waals surface area contributed by atoms with Crippen molar-refractivity contribution in [2.24, 2.45) is 5.73 Å². The third-order valence-corrected chi connectivity index (χ3v) is 5.47. The van der Waals surface area contributed by atoms with Crippen LogP contribution in [0.5, 0.6) is 0 Å². The normalized spacial score (nSPS) is 23.2. The Morgan fingerprint density at radius 3 is 2.03 bits per heavy atom. The molecular formula is C21H22F6N2. The largest absolute Gasteiger partial charge is 0.416 e. The fourth-order valence-electron chi connectivity index (χ4n) is 3.94. The van der Waals surface area contributed by atoms with Gasteiger partial charge in [0.05, 0.1) is 16.7 Å². The highest BCUT2D eigenvalue weighted by Crippen LogP contribution is 2.37. The molecule has 0 bridgehead atoms. The number of halogens is 6. The Bertz CT molecular complexity index is 799. The highest BCUT2D eigenvalue weighted by atomic mass is 19.4. The average Bonchev–Trinajstić information content (AvgIpc) is 2.66. The highest BCUT2D eigenvalue weighted by Gasteiger charge is 2.39. The quantitative estimate of drug-likeness (QED) is 0.636. The van der Waals surface area contributed by atoms with Gasteiger partial charge in [-0.25, -0.2) is 0 Å². The number of benzene rings is 2. The molecule has 0 aromatic heterocycles. The minimum absolute atomic E-state index is 0.0758. The van der Waals surface area contributed by atoms with E-state index in [2.05, 4.69) is 5.32 Å². The fourth-order valence-corrected chi connectivity index (χ4v) is 3.94. The summed E-state index contributed by atoms with van der Waals surface area (Å²) >= 11 is 0. The SMILES string of the molecule is NC1(c2ccccc2)CCCCC1NCc1cc(C(F)(F)F)cc(C(F)(F)F)c1. The van der Waals surface area contributed by atoms with Gasteiger partial charge in [-0.3, -0.25) is 0 Å². The second-order valence-corrected chi connectivity index (χ2v) is 7.50. The second kappa shape index (κ2) is 7.99. The summed E-state index contributed by atoms with van der Waals surface area (Å²) in [7, 11) is 0. The maximum atomic E-state index is 13.1. The van der Waals surface area contributed by atoms with Gasteiger partial charge in [-0.15, -0.1) is 0 Å². The summed E-state index contributed by atoms with van der Waals surface area (Å²) in [5, 5.41) is 3.12. The van der Waals surface area contributed by atoms with Crippen molar-refractivity contribution in [2.75, 3.05) is 0 Å². The summed E-state index contributed by atoms with van der Waals surface area (Å²) in [4.78, 5) is 0. The summed E-state index contributed by atoms with van der Waals surface area (Å²) in [6.45, 7) is -0.135. The Morgan fingerprint density at radius 1 is 0.897 bits per heavy atom. The van der Waals surface area contributed by atoms with Crippen LogP contribution < -0.4 is 11.1 Å². The van der Waals surface area contributed by atoms with Crippen LogP contribution in [0.15, 0.2) is 48.5 Å². The lowest BCUT2D eigenvalue weighted by Gasteiger charge is -2.42. The minimum Gasteiger partial charge on any atom is -0.320 e. The molecule has 3 rings (SSSR count). The van der Waals surface area contributed by atoms with E-state index in [1.807, 2.05) is 30.3 Å². The molecule has 0 aliphatic heterocycles. The minimum atomic E-state index is -4.86. The van der Waals surface area contributed by atoms with E-state index in [0.29, 0.717) is 12.8 Å². The van der Waals surface area contributed by atoms with E-state index in [0.717, 1.165) is 30.5 Å². The Labute approximate surface area is 165 Å². The molecule has 0 radical (unpaired) electrons. The third kappa shape index (κ3) is 4.93. The van der Waals surface area contributed by atoms with Gasteiger partial charge in [-0.1, -0.05) is 43.2 Å². The summed E-state index contributed by atoms with van der Waals surface area (Å²) in [5.41, 5.74) is 4.14. The van der Waals surface area contributed by atoms with E-state index in [4.69, 9.17) is 5.73 Å². The van der Waals surface area contributed by atoms with Crippen LogP contribution in [0.2, 0.25) is 0 Å². The van der Waals surface area contributed by atoms with Crippen LogP contribution in [0.25, 0.3) is 0 Å². The number of nitrogens with two attached hydrogens (primary N) is 1. The lowest BCUT2D eigenvalue weighted by molar-refractivity contribution is -0.143. The molecule has 0 heterocycles. The van der Waals surface area contributed by atoms with Crippen molar-refractivity contribution < 1.29 is 26.3 Å². The Hall–Kier alpha value is -2.06. The molecule has 1 saturated carbocycles. The smallest absolute Gasteiger partial charge is 0.320 e. The number of hydrogen-bond acceptors (Lipinski definition) is 2. The van der Waals surface area contributed by atoms with Crippen LogP contribution in [-0.4, -0.2) is 6.04 Å². The molecule has 1 fully saturated rings. The molecule has 0 saturated heterocycles. The molecule has 3 N–H and O–H groups in total. The van der Waals surface area contributed by atoms with Gasteiger partial charge in [-0.2, -0.15) is 26.3 Å². The number of alkyl halides is 6. The van der Waals surface area contributed by atoms with E-state index >= 15 is 0 Å². The monoisotopic (exact) mass is 416 g/mol. The molecule has 2 nitrogen and oxygen atoms in total. The molecule has 2 unspecified atom stereocenters. The van der Waals surface area contributed by atoms with Crippen LogP contribution in [0.3, 0.4) is 0 Å². The second-order valence-electron chi connectivity index (χ2n) is 7.50. The van der Waals surface area contributed by atoms with Gasteiger partial charge >= 0.3 is 12.4 Å². The van der Waals surface area contributed by atoms with E-state index in [1.54, 1.807) is 0 Å². The van der Waals surface area contributed by atoms with Crippen LogP contribution >= 0.6 is 0 Å². The zero-order valence-corrected chi connectivity index (χ0v) is 15.6. The first-order valence-electron chi connectivity index (χ1n) is 9.36. The molecule has 8 heteroatoms. The molecule has 1 aliphatic rings. The molecular weight excluding hydrogens is 394 g/mol. The van der Waals surface area contributed by atoms with Crippen molar-refractivity contribution in [3.63, 3.8) is 0 Å². The van der Waals surface area contributed by atoms with Crippen molar-refractivity contribution >= 4 is 0 Å². The van der Waals surface area contributed by atoms with Crippen LogP contribution in [-0.2, 0) is 24.4 Å². The predicted molar refractivity (Wildman–Crippen MR) is 97.8 cm³/mol. The van der Waals surface area contributed by atoms with Gasteiger partial charge in [-0.05, 0) is 42.2 Å². The molecule has 29 heavy (non-hydrogen) atoms. The van der Waals surface area contributed by atoms with Crippen molar-refractivity contribution in [1.29, 1.82) is 0 Å². The van der Waals surface area contributed by atoms with Crippen molar-refractivity contribution in [3.8, 4) is 0 Å². The van der Waals surface area contributed by atoms with Gasteiger partial charge in [0.2, 0.25) is 0 Å². The number of hydrogen-bond donors (Lipinski definition) is 2. The predicted octanol–water partition coefficient (Wildman–Crippen LogP) is 5.61. The van der Waals surface area contributed by atoms with Gasteiger partial charge < -0.3 is 11.1 Å². The molecule has 1 aliphatic carbocycles. The van der Waals surface area contributed by atoms with Crippen LogP contribution in [0.4, 0.5) is 26.3 Å². The van der Waals surface area contributed by atoms with E-state index in [-0.39, 0.29) is 24.2 Å². The lowest BCUT2D eigenvalue weighted by atomic mass is 9.73. The molecule has 0 amide bonds. The van der Waals surface area contributed by atoms with Crippen LogP contribution in [0.1, 0.15) is 47.9 Å². The van der Waals surface area contributed by atoms with E-state index in [9.17, 15) is 26.3 Å². The molecule has 158 valence electrons. The summed E-state index contributed by atoms with van der Waals surface area (Å²) in [6, 6.07) is 10.8. The van der Waals surface area contributed by atoms with Crippen LogP contribution in [0, 0.1) is 0 Å². The molecule has 0 spiro atoms. The van der Waals surface area contributed by atoms with E-state index in [1.165, 1.54) is 0 Å². The van der Waals surface area contributed by atoms with Gasteiger partial charge in [0, 0.05) is 12.6 Å². The lowest BCUT2D eigenvalue weighted by Crippen LogP contribution is -2.56. The molecule has 2 aromatic carbocycles. The van der Waals surface area contributed by atoms with Crippen molar-refractivity contribution in [2.45, 2.75) is 56.2 Å². The summed E-state index contributed by atoms with van der Waals surface area (Å²) in [5.74, 6) is 0. The van der Waals surface area contributed by atoms with Gasteiger partial charge in [0.1, 0.15) is 0 Å². The standard InChI is InChI=1S/C21H22F6N2/c22-20(23,24)16-10-14(11-17(12-16)21(25,26)27)13-29-18-8-4-5-9-19(18,28)15-6-2-1-3-7-15/h1-3,6-7,10-12,18,29H,4-5,8-9,13,28H2. The number of rotatable bonds is 4. The zero-order chi connectivity index (χ0) is 21.3. The Kier molecular flexibility index (Phi) is 5.96. The maximum absolute atomic E-state index is 13.1. The first-order valence-corrected chi connectivity index (χ1v) is 9.36. The van der Waals surface area contributed by atoms with Crippen molar-refractivity contribution in [1.82, 2.24) is 5.32 Å². The van der Waals surface area contributed by atoms with E-state index < -0.39 is 29.0 Å². The number of nitrogens with one attached hydrogen (secondary N) is 1. The first-order chi connectivity index (χ1) is 13.5.